The molecule has 2 aromatic carbocycles. The summed E-state index contributed by atoms with van der Waals surface area (Å²) in [6.07, 6.45) is 2.40. The third-order valence-electron chi connectivity index (χ3n) is 3.41. The Morgan fingerprint density at radius 3 is 2.52 bits per heavy atom. The molecule has 1 heterocycles. The number of carbonyl (C=O) groups is 1. The van der Waals surface area contributed by atoms with E-state index in [0.717, 1.165) is 26.4 Å². The van der Waals surface area contributed by atoms with Gasteiger partial charge in [0.2, 0.25) is 0 Å². The van der Waals surface area contributed by atoms with E-state index in [2.05, 4.69) is 4.98 Å². The molecule has 0 aliphatic rings. The number of aromatic hydroxyl groups is 1. The van der Waals surface area contributed by atoms with Crippen LogP contribution in [0.1, 0.15) is 23.4 Å². The van der Waals surface area contributed by atoms with Crippen LogP contribution in [-0.4, -0.2) is 21.2 Å². The van der Waals surface area contributed by atoms with Gasteiger partial charge in [-0.25, -0.2) is 4.98 Å². The van der Waals surface area contributed by atoms with Crippen LogP contribution in [0.3, 0.4) is 0 Å². The first-order valence-corrected chi connectivity index (χ1v) is 8.01. The molecule has 0 radical (unpaired) electrons. The van der Waals surface area contributed by atoms with Crippen LogP contribution in [0.25, 0.3) is 21.9 Å². The van der Waals surface area contributed by atoms with Crippen molar-refractivity contribution in [3.63, 3.8) is 0 Å². The Morgan fingerprint density at radius 2 is 1.83 bits per heavy atom. The molecule has 1 aromatic heterocycles. The van der Waals surface area contributed by atoms with Crippen LogP contribution in [-0.2, 0) is 4.79 Å². The van der Waals surface area contributed by atoms with Crippen molar-refractivity contribution in [2.24, 2.45) is 0 Å². The molecular weight excluding hydrogens is 310 g/mol. The van der Waals surface area contributed by atoms with E-state index >= 15 is 0 Å². The highest BCUT2D eigenvalue weighted by Gasteiger charge is 2.11. The number of benzene rings is 2. The average Bonchev–Trinajstić information content (AvgIpc) is 2.97. The molecule has 0 aliphatic carbocycles. The van der Waals surface area contributed by atoms with Gasteiger partial charge in [-0.15, -0.1) is 11.3 Å². The third kappa shape index (κ3) is 3.76. The molecule has 116 valence electrons. The molecule has 5 heteroatoms. The molecule has 0 saturated carbocycles. The largest absolute Gasteiger partial charge is 0.508 e. The first kappa shape index (κ1) is 15.2. The lowest BCUT2D eigenvalue weighted by atomic mass is 10.1. The van der Waals surface area contributed by atoms with Gasteiger partial charge in [-0.05, 0) is 47.9 Å². The van der Waals surface area contributed by atoms with Gasteiger partial charge in [0.15, 0.2) is 0 Å². The highest BCUT2D eigenvalue weighted by Crippen LogP contribution is 2.31. The number of aromatic nitrogens is 1. The standard InChI is InChI=1S/C18H15NO3S/c20-14-8-5-12(6-9-14)11-13(7-10-17(21)22)18-19-15-3-1-2-4-16(15)23-18/h1-6,8-9,11,20H,7,10H2,(H,21,22)/b13-11+. The summed E-state index contributed by atoms with van der Waals surface area (Å²) in [7, 11) is 0. The Morgan fingerprint density at radius 1 is 1.09 bits per heavy atom. The summed E-state index contributed by atoms with van der Waals surface area (Å²) < 4.78 is 1.08. The van der Waals surface area contributed by atoms with Crippen molar-refractivity contribution < 1.29 is 15.0 Å². The number of carboxylic acids is 1. The van der Waals surface area contributed by atoms with E-state index in [1.54, 1.807) is 35.6 Å². The van der Waals surface area contributed by atoms with Crippen molar-refractivity contribution in [2.75, 3.05) is 0 Å². The summed E-state index contributed by atoms with van der Waals surface area (Å²) in [5, 5.41) is 19.2. The fourth-order valence-electron chi connectivity index (χ4n) is 2.26. The van der Waals surface area contributed by atoms with E-state index in [0.29, 0.717) is 6.42 Å². The normalized spacial score (nSPS) is 11.7. The second-order valence-corrected chi connectivity index (χ2v) is 6.17. The Labute approximate surface area is 137 Å². The highest BCUT2D eigenvalue weighted by molar-refractivity contribution is 7.19. The fourth-order valence-corrected chi connectivity index (χ4v) is 3.27. The summed E-state index contributed by atoms with van der Waals surface area (Å²) in [6, 6.07) is 14.7. The smallest absolute Gasteiger partial charge is 0.303 e. The monoisotopic (exact) mass is 325 g/mol. The molecule has 0 spiro atoms. The number of phenolic OH excluding ortho intramolecular Hbond substituents is 1. The van der Waals surface area contributed by atoms with E-state index in [4.69, 9.17) is 5.11 Å². The summed E-state index contributed by atoms with van der Waals surface area (Å²) in [6.45, 7) is 0. The molecule has 2 N–H and O–H groups in total. The number of thiazole rings is 1. The van der Waals surface area contributed by atoms with Crippen molar-refractivity contribution in [1.29, 1.82) is 0 Å². The molecule has 0 bridgehead atoms. The van der Waals surface area contributed by atoms with Crippen molar-refractivity contribution in [3.05, 3.63) is 59.1 Å². The highest BCUT2D eigenvalue weighted by atomic mass is 32.1. The zero-order chi connectivity index (χ0) is 16.2. The topological polar surface area (TPSA) is 70.4 Å². The van der Waals surface area contributed by atoms with Crippen LogP contribution in [0.4, 0.5) is 0 Å². The molecule has 0 unspecified atom stereocenters. The molecule has 0 amide bonds. The number of carboxylic acid groups (broad SMARTS) is 1. The van der Waals surface area contributed by atoms with Gasteiger partial charge in [0.1, 0.15) is 10.8 Å². The summed E-state index contributed by atoms with van der Waals surface area (Å²) in [5.41, 5.74) is 2.71. The SMILES string of the molecule is O=C(O)CC/C(=C\c1ccc(O)cc1)c1nc2ccccc2s1. The molecule has 3 aromatic rings. The maximum absolute atomic E-state index is 10.9. The van der Waals surface area contributed by atoms with Gasteiger partial charge >= 0.3 is 5.97 Å². The van der Waals surface area contributed by atoms with Crippen molar-refractivity contribution >= 4 is 39.2 Å². The van der Waals surface area contributed by atoms with Crippen LogP contribution >= 0.6 is 11.3 Å². The van der Waals surface area contributed by atoms with Crippen molar-refractivity contribution in [1.82, 2.24) is 4.98 Å². The van der Waals surface area contributed by atoms with Gasteiger partial charge in [0, 0.05) is 6.42 Å². The van der Waals surface area contributed by atoms with Crippen molar-refractivity contribution in [3.8, 4) is 5.75 Å². The predicted octanol–water partition coefficient (Wildman–Crippen LogP) is 4.41. The molecular formula is C18H15NO3S. The van der Waals surface area contributed by atoms with Crippen LogP contribution in [0.2, 0.25) is 0 Å². The minimum Gasteiger partial charge on any atom is -0.508 e. The predicted molar refractivity (Wildman–Crippen MR) is 92.5 cm³/mol. The number of hydrogen-bond acceptors (Lipinski definition) is 4. The van der Waals surface area contributed by atoms with E-state index in [1.807, 2.05) is 30.3 Å². The zero-order valence-corrected chi connectivity index (χ0v) is 13.1. The Kier molecular flexibility index (Phi) is 4.39. The first-order valence-electron chi connectivity index (χ1n) is 7.19. The number of para-hydroxylation sites is 1. The van der Waals surface area contributed by atoms with Gasteiger partial charge in [0.05, 0.1) is 10.2 Å². The Hall–Kier alpha value is -2.66. The van der Waals surface area contributed by atoms with Gasteiger partial charge in [-0.1, -0.05) is 24.3 Å². The fraction of sp³-hybridized carbons (Fsp3) is 0.111. The third-order valence-corrected chi connectivity index (χ3v) is 4.52. The second kappa shape index (κ2) is 6.62. The van der Waals surface area contributed by atoms with Crippen LogP contribution < -0.4 is 0 Å². The molecule has 23 heavy (non-hydrogen) atoms. The molecule has 0 fully saturated rings. The number of aliphatic carboxylic acids is 1. The van der Waals surface area contributed by atoms with E-state index < -0.39 is 5.97 Å². The molecule has 0 saturated heterocycles. The lowest BCUT2D eigenvalue weighted by Gasteiger charge is -2.03. The molecule has 0 aliphatic heterocycles. The minimum absolute atomic E-state index is 0.0554. The number of rotatable bonds is 5. The van der Waals surface area contributed by atoms with Crippen molar-refractivity contribution in [2.45, 2.75) is 12.8 Å². The second-order valence-electron chi connectivity index (χ2n) is 5.14. The van der Waals surface area contributed by atoms with Crippen LogP contribution in [0.15, 0.2) is 48.5 Å². The van der Waals surface area contributed by atoms with Gasteiger partial charge in [-0.3, -0.25) is 4.79 Å². The van der Waals surface area contributed by atoms with Crippen LogP contribution in [0.5, 0.6) is 5.75 Å². The first-order chi connectivity index (χ1) is 11.1. The minimum atomic E-state index is -0.831. The van der Waals surface area contributed by atoms with Gasteiger partial charge < -0.3 is 10.2 Å². The molecule has 4 nitrogen and oxygen atoms in total. The van der Waals surface area contributed by atoms with Gasteiger partial charge in [0.25, 0.3) is 0 Å². The number of nitrogens with zero attached hydrogens (tertiary/aromatic N) is 1. The van der Waals surface area contributed by atoms with Crippen LogP contribution in [0, 0.1) is 0 Å². The molecule has 3 rings (SSSR count). The number of allylic oxidation sites excluding steroid dienone is 1. The van der Waals surface area contributed by atoms with E-state index in [1.165, 1.54) is 0 Å². The van der Waals surface area contributed by atoms with Gasteiger partial charge in [-0.2, -0.15) is 0 Å². The molecule has 0 atom stereocenters. The van der Waals surface area contributed by atoms with E-state index in [9.17, 15) is 9.90 Å². The summed E-state index contributed by atoms with van der Waals surface area (Å²) >= 11 is 1.56. The number of fused-ring (bicyclic) bond motifs is 1. The average molecular weight is 325 g/mol. The Bertz CT molecular complexity index is 832. The summed E-state index contributed by atoms with van der Waals surface area (Å²) in [4.78, 5) is 15.5. The maximum Gasteiger partial charge on any atom is 0.303 e. The van der Waals surface area contributed by atoms with E-state index in [-0.39, 0.29) is 12.2 Å². The lowest BCUT2D eigenvalue weighted by molar-refractivity contribution is -0.136. The number of phenols is 1. The maximum atomic E-state index is 10.9. The zero-order valence-electron chi connectivity index (χ0n) is 12.3. The number of hydrogen-bond donors (Lipinski definition) is 2. The summed E-state index contributed by atoms with van der Waals surface area (Å²) in [5.74, 6) is -0.628. The quantitative estimate of drug-likeness (QED) is 0.729. The lowest BCUT2D eigenvalue weighted by Crippen LogP contribution is -1.95. The Balaban J connectivity index is 2.00.